The fourth-order valence-electron chi connectivity index (χ4n) is 3.25. The maximum atomic E-state index is 12.4. The van der Waals surface area contributed by atoms with Crippen molar-refractivity contribution in [3.8, 4) is 0 Å². The largest absolute Gasteiger partial charge is 0.353 e. The summed E-state index contributed by atoms with van der Waals surface area (Å²) in [5.74, 6) is 0.771. The molecule has 1 aliphatic heterocycles. The van der Waals surface area contributed by atoms with Gasteiger partial charge in [-0.05, 0) is 56.6 Å². The molecule has 1 fully saturated rings. The summed E-state index contributed by atoms with van der Waals surface area (Å²) in [6.45, 7) is 9.06. The quantitative estimate of drug-likeness (QED) is 0.768. The van der Waals surface area contributed by atoms with Crippen LogP contribution in [0.1, 0.15) is 57.4 Å². The second-order valence-corrected chi connectivity index (χ2v) is 8.11. The number of carbonyl (C=O) groups is 1. The van der Waals surface area contributed by atoms with Crippen LogP contribution in [0.4, 0.5) is 0 Å². The average Bonchev–Trinajstić information content (AvgIpc) is 3.03. The molecule has 0 bridgehead atoms. The van der Waals surface area contributed by atoms with Crippen LogP contribution in [0.25, 0.3) is 0 Å². The number of halogens is 1. The van der Waals surface area contributed by atoms with Crippen LogP contribution in [-0.4, -0.2) is 36.0 Å². The van der Waals surface area contributed by atoms with Crippen LogP contribution in [0.15, 0.2) is 17.5 Å². The number of hydrogen-bond acceptors (Lipinski definition) is 4. The van der Waals surface area contributed by atoms with E-state index in [0.717, 1.165) is 25.4 Å². The molecule has 1 amide bonds. The highest BCUT2D eigenvalue weighted by atomic mass is 35.5. The third-order valence-corrected chi connectivity index (χ3v) is 5.85. The van der Waals surface area contributed by atoms with Crippen molar-refractivity contribution in [1.29, 1.82) is 0 Å². The summed E-state index contributed by atoms with van der Waals surface area (Å²) in [5.41, 5.74) is 5.38. The van der Waals surface area contributed by atoms with Gasteiger partial charge in [0.25, 0.3) is 0 Å². The van der Waals surface area contributed by atoms with Crippen molar-refractivity contribution in [1.82, 2.24) is 10.2 Å². The Morgan fingerprint density at radius 1 is 1.50 bits per heavy atom. The van der Waals surface area contributed by atoms with Crippen LogP contribution < -0.4 is 11.1 Å². The average molecular weight is 374 g/mol. The standard InChI is InChI=1S/C18H31N3OS.ClH/c1-4-9-18(3,19)17(22)20-13-15(16-6-5-12-23-16)21-10-7-14(2)8-11-21;/h5-6,12,14-15H,4,7-11,13,19H2,1-3H3,(H,20,22);1H. The molecule has 4 nitrogen and oxygen atoms in total. The minimum absolute atomic E-state index is 0. The van der Waals surface area contributed by atoms with Gasteiger partial charge >= 0.3 is 0 Å². The first kappa shape index (κ1) is 21.4. The smallest absolute Gasteiger partial charge is 0.239 e. The lowest BCUT2D eigenvalue weighted by atomic mass is 9.96. The second-order valence-electron chi connectivity index (χ2n) is 7.13. The molecule has 0 radical (unpaired) electrons. The molecule has 1 saturated heterocycles. The van der Waals surface area contributed by atoms with E-state index in [1.165, 1.54) is 17.7 Å². The Hall–Kier alpha value is -0.620. The molecule has 2 unspecified atom stereocenters. The van der Waals surface area contributed by atoms with Gasteiger partial charge in [0.2, 0.25) is 5.91 Å². The number of hydrogen-bond donors (Lipinski definition) is 2. The summed E-state index contributed by atoms with van der Waals surface area (Å²) in [6, 6.07) is 4.53. The summed E-state index contributed by atoms with van der Waals surface area (Å²) in [6.07, 6.45) is 4.10. The Balaban J connectivity index is 0.00000288. The molecule has 0 spiro atoms. The summed E-state index contributed by atoms with van der Waals surface area (Å²) in [4.78, 5) is 16.3. The molecule has 24 heavy (non-hydrogen) atoms. The third-order valence-electron chi connectivity index (χ3n) is 4.87. The van der Waals surface area contributed by atoms with Crippen LogP contribution >= 0.6 is 23.7 Å². The molecule has 138 valence electrons. The molecule has 3 N–H and O–H groups in total. The number of piperidine rings is 1. The number of nitrogens with two attached hydrogens (primary N) is 1. The predicted molar refractivity (Wildman–Crippen MR) is 105 cm³/mol. The number of rotatable bonds is 7. The van der Waals surface area contributed by atoms with Crippen molar-refractivity contribution >= 4 is 29.7 Å². The zero-order chi connectivity index (χ0) is 16.9. The van der Waals surface area contributed by atoms with E-state index in [2.05, 4.69) is 41.6 Å². The highest BCUT2D eigenvalue weighted by molar-refractivity contribution is 7.10. The summed E-state index contributed by atoms with van der Waals surface area (Å²) in [5, 5.41) is 5.22. The fraction of sp³-hybridized carbons (Fsp3) is 0.722. The Labute approximate surface area is 156 Å². The van der Waals surface area contributed by atoms with Crippen LogP contribution in [0.3, 0.4) is 0 Å². The van der Waals surface area contributed by atoms with E-state index >= 15 is 0 Å². The molecule has 2 rings (SSSR count). The summed E-state index contributed by atoms with van der Waals surface area (Å²) in [7, 11) is 0. The lowest BCUT2D eigenvalue weighted by molar-refractivity contribution is -0.126. The highest BCUT2D eigenvalue weighted by Crippen LogP contribution is 2.29. The lowest BCUT2D eigenvalue weighted by Crippen LogP contribution is -2.53. The van der Waals surface area contributed by atoms with E-state index in [0.29, 0.717) is 13.0 Å². The van der Waals surface area contributed by atoms with Crippen molar-refractivity contribution in [2.75, 3.05) is 19.6 Å². The number of carbonyl (C=O) groups excluding carboxylic acids is 1. The Bertz CT molecular complexity index is 484. The summed E-state index contributed by atoms with van der Waals surface area (Å²) < 4.78 is 0. The molecule has 0 aliphatic carbocycles. The number of nitrogens with one attached hydrogen (secondary N) is 1. The lowest BCUT2D eigenvalue weighted by Gasteiger charge is -2.37. The van der Waals surface area contributed by atoms with Gasteiger partial charge in [0, 0.05) is 11.4 Å². The maximum Gasteiger partial charge on any atom is 0.239 e. The van der Waals surface area contributed by atoms with Crippen LogP contribution in [-0.2, 0) is 4.79 Å². The maximum absolute atomic E-state index is 12.4. The van der Waals surface area contributed by atoms with Crippen molar-refractivity contribution in [2.24, 2.45) is 11.7 Å². The Morgan fingerprint density at radius 3 is 2.71 bits per heavy atom. The minimum Gasteiger partial charge on any atom is -0.353 e. The number of nitrogens with zero attached hydrogens (tertiary/aromatic N) is 1. The molecular weight excluding hydrogens is 342 g/mol. The molecule has 0 aromatic carbocycles. The van der Waals surface area contributed by atoms with E-state index in [9.17, 15) is 4.79 Å². The minimum atomic E-state index is -0.773. The predicted octanol–water partition coefficient (Wildman–Crippen LogP) is 3.58. The van der Waals surface area contributed by atoms with E-state index in [4.69, 9.17) is 5.73 Å². The van der Waals surface area contributed by atoms with Crippen LogP contribution in [0.5, 0.6) is 0 Å². The SMILES string of the molecule is CCCC(C)(N)C(=O)NCC(c1cccs1)N1CCC(C)CC1.Cl. The first-order valence-corrected chi connectivity index (χ1v) is 9.66. The molecule has 2 atom stereocenters. The van der Waals surface area contributed by atoms with Gasteiger partial charge in [0.05, 0.1) is 11.6 Å². The van der Waals surface area contributed by atoms with Gasteiger partial charge in [-0.1, -0.05) is 26.3 Å². The van der Waals surface area contributed by atoms with Gasteiger partial charge in [-0.3, -0.25) is 9.69 Å². The van der Waals surface area contributed by atoms with Gasteiger partial charge in [0.1, 0.15) is 0 Å². The third kappa shape index (κ3) is 5.73. The van der Waals surface area contributed by atoms with E-state index < -0.39 is 5.54 Å². The molecule has 6 heteroatoms. The van der Waals surface area contributed by atoms with Gasteiger partial charge in [-0.25, -0.2) is 0 Å². The van der Waals surface area contributed by atoms with Gasteiger partial charge in [-0.15, -0.1) is 23.7 Å². The zero-order valence-electron chi connectivity index (χ0n) is 15.1. The normalized spacial score (nSPS) is 20.0. The molecule has 2 heterocycles. The van der Waals surface area contributed by atoms with Crippen LogP contribution in [0, 0.1) is 5.92 Å². The molecule has 1 aromatic heterocycles. The van der Waals surface area contributed by atoms with Gasteiger partial charge in [-0.2, -0.15) is 0 Å². The number of likely N-dealkylation sites (tertiary alicyclic amines) is 1. The zero-order valence-corrected chi connectivity index (χ0v) is 16.7. The molecule has 1 aliphatic rings. The monoisotopic (exact) mass is 373 g/mol. The fourth-order valence-corrected chi connectivity index (χ4v) is 4.12. The van der Waals surface area contributed by atoms with E-state index in [-0.39, 0.29) is 24.4 Å². The Morgan fingerprint density at radius 2 is 2.17 bits per heavy atom. The van der Waals surface area contributed by atoms with Crippen molar-refractivity contribution in [2.45, 2.75) is 58.0 Å². The molecule has 1 aromatic rings. The second kappa shape index (κ2) is 9.76. The van der Waals surface area contributed by atoms with Gasteiger partial charge in [0.15, 0.2) is 0 Å². The van der Waals surface area contributed by atoms with Gasteiger partial charge < -0.3 is 11.1 Å². The van der Waals surface area contributed by atoms with Crippen LogP contribution in [0.2, 0.25) is 0 Å². The van der Waals surface area contributed by atoms with Crippen molar-refractivity contribution < 1.29 is 4.79 Å². The first-order chi connectivity index (χ1) is 10.9. The highest BCUT2D eigenvalue weighted by Gasteiger charge is 2.30. The topological polar surface area (TPSA) is 58.4 Å². The molecule has 0 saturated carbocycles. The number of amides is 1. The van der Waals surface area contributed by atoms with Crippen molar-refractivity contribution in [3.63, 3.8) is 0 Å². The van der Waals surface area contributed by atoms with E-state index in [1.54, 1.807) is 11.3 Å². The van der Waals surface area contributed by atoms with Crippen molar-refractivity contribution in [3.05, 3.63) is 22.4 Å². The first-order valence-electron chi connectivity index (χ1n) is 8.78. The molecular formula is C18H32ClN3OS. The van der Waals surface area contributed by atoms with E-state index in [1.807, 2.05) is 6.92 Å². The Kier molecular flexibility index (Phi) is 8.71. The number of thiophene rings is 1. The summed E-state index contributed by atoms with van der Waals surface area (Å²) >= 11 is 1.77.